The molecule has 1 aliphatic rings. The number of hydrogen-bond acceptors (Lipinski definition) is 4. The van der Waals surface area contributed by atoms with E-state index in [1.165, 1.54) is 12.1 Å². The molecular formula is C20H19F3N6O2. The first-order valence-corrected chi connectivity index (χ1v) is 9.14. The Hall–Kier alpha value is -3.89. The standard InChI is InChI=1S/C20H19F3N6O2/c1-11-6-8-12(9-7-11)25-18(24)29-19-27-15(17(31)28-19)10-16(30)26-14-5-3-2-4-13(14)20(21,22)23/h2-9,15H,10H2,1H3,(H,26,30)(H4,24,25,27,28,29,31)/t15-/m1/s1. The van der Waals surface area contributed by atoms with Gasteiger partial charge in [0, 0.05) is 5.69 Å². The van der Waals surface area contributed by atoms with Gasteiger partial charge in [0.1, 0.15) is 6.04 Å². The monoisotopic (exact) mass is 432 g/mol. The molecule has 0 aliphatic carbocycles. The van der Waals surface area contributed by atoms with Gasteiger partial charge < -0.3 is 16.4 Å². The topological polar surface area (TPSA) is 121 Å². The number of carbonyl (C=O) groups is 2. The van der Waals surface area contributed by atoms with Gasteiger partial charge in [-0.1, -0.05) is 29.8 Å². The van der Waals surface area contributed by atoms with E-state index in [0.29, 0.717) is 5.69 Å². The summed E-state index contributed by atoms with van der Waals surface area (Å²) in [6.45, 7) is 1.93. The van der Waals surface area contributed by atoms with Crippen molar-refractivity contribution in [3.8, 4) is 0 Å². The third-order valence-electron chi connectivity index (χ3n) is 4.25. The van der Waals surface area contributed by atoms with Crippen LogP contribution in [-0.2, 0) is 15.8 Å². The van der Waals surface area contributed by atoms with E-state index >= 15 is 0 Å². The zero-order valence-electron chi connectivity index (χ0n) is 16.3. The quantitative estimate of drug-likeness (QED) is 0.438. The van der Waals surface area contributed by atoms with Crippen molar-refractivity contribution in [1.82, 2.24) is 5.32 Å². The van der Waals surface area contributed by atoms with Crippen molar-refractivity contribution >= 4 is 35.1 Å². The Morgan fingerprint density at radius 3 is 2.52 bits per heavy atom. The highest BCUT2D eigenvalue weighted by Gasteiger charge is 2.34. The number of halogens is 3. The molecular weight excluding hydrogens is 413 g/mol. The number of aryl methyl sites for hydroxylation is 1. The lowest BCUT2D eigenvalue weighted by atomic mass is 10.1. The Labute approximate surface area is 175 Å². The number of aliphatic imine (C=N–C) groups is 2. The van der Waals surface area contributed by atoms with Crippen LogP contribution in [-0.4, -0.2) is 29.8 Å². The number of para-hydroxylation sites is 1. The molecule has 0 aromatic heterocycles. The van der Waals surface area contributed by atoms with Gasteiger partial charge in [-0.25, -0.2) is 4.99 Å². The molecule has 11 heteroatoms. The molecule has 5 N–H and O–H groups in total. The lowest BCUT2D eigenvalue weighted by molar-refractivity contribution is -0.137. The number of nitrogens with two attached hydrogens (primary N) is 1. The first kappa shape index (κ1) is 21.8. The van der Waals surface area contributed by atoms with E-state index in [0.717, 1.165) is 17.7 Å². The van der Waals surface area contributed by atoms with E-state index in [2.05, 4.69) is 25.9 Å². The summed E-state index contributed by atoms with van der Waals surface area (Å²) in [5.74, 6) is -1.54. The molecule has 0 bridgehead atoms. The van der Waals surface area contributed by atoms with Crippen molar-refractivity contribution in [1.29, 1.82) is 0 Å². The number of nitrogens with zero attached hydrogens (tertiary/aromatic N) is 2. The van der Waals surface area contributed by atoms with Gasteiger partial charge in [0.2, 0.25) is 17.8 Å². The lowest BCUT2D eigenvalue weighted by Gasteiger charge is -2.13. The maximum atomic E-state index is 13.0. The van der Waals surface area contributed by atoms with Gasteiger partial charge in [-0.15, -0.1) is 0 Å². The predicted molar refractivity (Wildman–Crippen MR) is 110 cm³/mol. The second-order valence-corrected chi connectivity index (χ2v) is 6.74. The fourth-order valence-corrected chi connectivity index (χ4v) is 2.77. The maximum absolute atomic E-state index is 13.0. The van der Waals surface area contributed by atoms with Gasteiger partial charge in [-0.2, -0.15) is 18.2 Å². The number of alkyl halides is 3. The van der Waals surface area contributed by atoms with Crippen LogP contribution < -0.4 is 21.7 Å². The SMILES string of the molecule is Cc1ccc(NC(N)=NC2=N[C@H](CC(=O)Nc3ccccc3C(F)(F)F)C(=O)N2)cc1. The molecule has 2 amide bonds. The van der Waals surface area contributed by atoms with E-state index in [1.807, 2.05) is 19.1 Å². The summed E-state index contributed by atoms with van der Waals surface area (Å²) in [7, 11) is 0. The molecule has 2 aromatic rings. The molecule has 1 heterocycles. The minimum atomic E-state index is -4.63. The third-order valence-corrected chi connectivity index (χ3v) is 4.25. The Kier molecular flexibility index (Phi) is 6.23. The predicted octanol–water partition coefficient (Wildman–Crippen LogP) is 2.62. The van der Waals surface area contributed by atoms with Crippen LogP contribution in [0.15, 0.2) is 58.5 Å². The van der Waals surface area contributed by atoms with Crippen LogP contribution in [0, 0.1) is 6.92 Å². The number of nitrogens with one attached hydrogen (secondary N) is 3. The summed E-state index contributed by atoms with van der Waals surface area (Å²) in [6, 6.07) is 10.8. The lowest BCUT2D eigenvalue weighted by Crippen LogP contribution is -2.32. The van der Waals surface area contributed by atoms with Crippen molar-refractivity contribution in [3.63, 3.8) is 0 Å². The van der Waals surface area contributed by atoms with E-state index in [-0.39, 0.29) is 11.9 Å². The van der Waals surface area contributed by atoms with Crippen LogP contribution >= 0.6 is 0 Å². The number of guanidine groups is 2. The van der Waals surface area contributed by atoms with Crippen LogP contribution in [0.3, 0.4) is 0 Å². The summed E-state index contributed by atoms with van der Waals surface area (Å²) >= 11 is 0. The summed E-state index contributed by atoms with van der Waals surface area (Å²) < 4.78 is 39.1. The molecule has 3 rings (SSSR count). The van der Waals surface area contributed by atoms with E-state index < -0.39 is 41.7 Å². The average molecular weight is 432 g/mol. The van der Waals surface area contributed by atoms with Gasteiger partial charge >= 0.3 is 6.18 Å². The smallest absolute Gasteiger partial charge is 0.369 e. The third kappa shape index (κ3) is 5.81. The first-order chi connectivity index (χ1) is 14.6. The van der Waals surface area contributed by atoms with Gasteiger partial charge in [0.25, 0.3) is 5.91 Å². The molecule has 1 aliphatic heterocycles. The number of carbonyl (C=O) groups excluding carboxylic acids is 2. The van der Waals surface area contributed by atoms with Crippen molar-refractivity contribution in [2.75, 3.05) is 10.6 Å². The second-order valence-electron chi connectivity index (χ2n) is 6.74. The number of anilines is 2. The maximum Gasteiger partial charge on any atom is 0.418 e. The zero-order valence-corrected chi connectivity index (χ0v) is 16.3. The van der Waals surface area contributed by atoms with E-state index in [9.17, 15) is 22.8 Å². The van der Waals surface area contributed by atoms with Crippen LogP contribution in [0.4, 0.5) is 24.5 Å². The fraction of sp³-hybridized carbons (Fsp3) is 0.200. The number of amides is 2. The Morgan fingerprint density at radius 1 is 1.16 bits per heavy atom. The molecule has 1 atom stereocenters. The second kappa shape index (κ2) is 8.86. The van der Waals surface area contributed by atoms with Crippen molar-refractivity contribution in [3.05, 3.63) is 59.7 Å². The van der Waals surface area contributed by atoms with Crippen molar-refractivity contribution < 1.29 is 22.8 Å². The number of benzene rings is 2. The Bertz CT molecular complexity index is 1050. The highest BCUT2D eigenvalue weighted by Crippen LogP contribution is 2.34. The molecule has 0 fully saturated rings. The molecule has 162 valence electrons. The van der Waals surface area contributed by atoms with Crippen molar-refractivity contribution in [2.45, 2.75) is 25.6 Å². The molecule has 0 saturated heterocycles. The summed E-state index contributed by atoms with van der Waals surface area (Å²) in [4.78, 5) is 32.2. The molecule has 31 heavy (non-hydrogen) atoms. The summed E-state index contributed by atoms with van der Waals surface area (Å²) in [6.07, 6.45) is -5.08. The molecule has 8 nitrogen and oxygen atoms in total. The molecule has 0 unspecified atom stereocenters. The largest absolute Gasteiger partial charge is 0.418 e. The van der Waals surface area contributed by atoms with Crippen LogP contribution in [0.5, 0.6) is 0 Å². The highest BCUT2D eigenvalue weighted by molar-refractivity contribution is 6.11. The normalized spacial score (nSPS) is 16.5. The van der Waals surface area contributed by atoms with Gasteiger partial charge in [-0.05, 0) is 31.2 Å². The van der Waals surface area contributed by atoms with Crippen LogP contribution in [0.2, 0.25) is 0 Å². The van der Waals surface area contributed by atoms with Crippen LogP contribution in [0.25, 0.3) is 0 Å². The molecule has 2 aromatic carbocycles. The van der Waals surface area contributed by atoms with Crippen LogP contribution in [0.1, 0.15) is 17.5 Å². The van der Waals surface area contributed by atoms with Gasteiger partial charge in [0.05, 0.1) is 17.7 Å². The van der Waals surface area contributed by atoms with Gasteiger partial charge in [0.15, 0.2) is 0 Å². The molecule has 0 saturated carbocycles. The van der Waals surface area contributed by atoms with E-state index in [4.69, 9.17) is 5.73 Å². The Balaban J connectivity index is 1.64. The summed E-state index contributed by atoms with van der Waals surface area (Å²) in [5.41, 5.74) is 6.16. The Morgan fingerprint density at radius 2 is 1.84 bits per heavy atom. The summed E-state index contributed by atoms with van der Waals surface area (Å²) in [5, 5.41) is 7.38. The van der Waals surface area contributed by atoms with Gasteiger partial charge in [-0.3, -0.25) is 14.9 Å². The number of hydrogen-bond donors (Lipinski definition) is 4. The first-order valence-electron chi connectivity index (χ1n) is 9.14. The minimum Gasteiger partial charge on any atom is -0.369 e. The zero-order chi connectivity index (χ0) is 22.6. The molecule has 0 radical (unpaired) electrons. The minimum absolute atomic E-state index is 0.0351. The number of rotatable bonds is 4. The molecule has 0 spiro atoms. The van der Waals surface area contributed by atoms with E-state index in [1.54, 1.807) is 12.1 Å². The average Bonchev–Trinajstić information content (AvgIpc) is 3.01. The highest BCUT2D eigenvalue weighted by atomic mass is 19.4. The van der Waals surface area contributed by atoms with Crippen molar-refractivity contribution in [2.24, 2.45) is 15.7 Å². The fourth-order valence-electron chi connectivity index (χ4n) is 2.77.